The molecular formula is C18H23ClN6O2. The molecule has 0 unspecified atom stereocenters. The highest BCUT2D eigenvalue weighted by Gasteiger charge is 2.14. The molecule has 0 bridgehead atoms. The van der Waals surface area contributed by atoms with Gasteiger partial charge in [0.05, 0.1) is 23.9 Å². The molecule has 2 amide bonds. The molecule has 0 atom stereocenters. The van der Waals surface area contributed by atoms with Crippen molar-refractivity contribution in [3.8, 4) is 0 Å². The van der Waals surface area contributed by atoms with Crippen LogP contribution in [0.5, 0.6) is 0 Å². The molecular weight excluding hydrogens is 368 g/mol. The Hall–Kier alpha value is -2.58. The lowest BCUT2D eigenvalue weighted by Crippen LogP contribution is -2.37. The van der Waals surface area contributed by atoms with Crippen molar-refractivity contribution in [3.63, 3.8) is 0 Å². The molecule has 2 heterocycles. The minimum Gasteiger partial charge on any atom is -0.378 e. The third-order valence-electron chi connectivity index (χ3n) is 3.99. The number of anilines is 3. The van der Waals surface area contributed by atoms with Crippen LogP contribution in [0, 0.1) is 6.92 Å². The Labute approximate surface area is 163 Å². The first-order valence-corrected chi connectivity index (χ1v) is 9.21. The monoisotopic (exact) mass is 390 g/mol. The van der Waals surface area contributed by atoms with Crippen molar-refractivity contribution in [2.45, 2.75) is 6.92 Å². The van der Waals surface area contributed by atoms with Gasteiger partial charge in [0.25, 0.3) is 0 Å². The average Bonchev–Trinajstić information content (AvgIpc) is 2.67. The molecule has 144 valence electrons. The molecule has 3 N–H and O–H groups in total. The highest BCUT2D eigenvalue weighted by molar-refractivity contribution is 6.33. The molecule has 0 radical (unpaired) electrons. The molecule has 9 heteroatoms. The number of carbonyl (C=O) groups is 1. The standard InChI is InChI=1S/C18H23ClN6O2/c1-13-12-16(25-8-10-27-11-9-25)24-17(22-13)20-6-7-21-18(26)23-15-5-3-2-4-14(15)19/h2-5,12H,6-11H2,1H3,(H,20,22,24)(H2,21,23,26). The van der Waals surface area contributed by atoms with Crippen molar-refractivity contribution < 1.29 is 9.53 Å². The molecule has 8 nitrogen and oxygen atoms in total. The quantitative estimate of drug-likeness (QED) is 0.656. The van der Waals surface area contributed by atoms with Gasteiger partial charge in [-0.25, -0.2) is 9.78 Å². The maximum atomic E-state index is 11.9. The summed E-state index contributed by atoms with van der Waals surface area (Å²) in [6, 6.07) is 8.73. The second kappa shape index (κ2) is 9.38. The number of nitrogens with one attached hydrogen (secondary N) is 3. The van der Waals surface area contributed by atoms with Crippen LogP contribution in [0.25, 0.3) is 0 Å². The van der Waals surface area contributed by atoms with E-state index in [2.05, 4.69) is 30.8 Å². The van der Waals surface area contributed by atoms with Gasteiger partial charge in [-0.2, -0.15) is 4.98 Å². The molecule has 1 aliphatic heterocycles. The van der Waals surface area contributed by atoms with Gasteiger partial charge in [0, 0.05) is 37.9 Å². The Balaban J connectivity index is 1.46. The van der Waals surface area contributed by atoms with Crippen LogP contribution < -0.4 is 20.9 Å². The SMILES string of the molecule is Cc1cc(N2CCOCC2)nc(NCCNC(=O)Nc2ccccc2Cl)n1. The smallest absolute Gasteiger partial charge is 0.319 e. The average molecular weight is 391 g/mol. The Kier molecular flexibility index (Phi) is 6.67. The van der Waals surface area contributed by atoms with Crippen molar-refractivity contribution in [3.05, 3.63) is 41.0 Å². The second-order valence-electron chi connectivity index (χ2n) is 6.08. The molecule has 2 aromatic rings. The normalized spacial score (nSPS) is 13.9. The fraction of sp³-hybridized carbons (Fsp3) is 0.389. The van der Waals surface area contributed by atoms with Crippen LogP contribution in [-0.4, -0.2) is 55.4 Å². The lowest BCUT2D eigenvalue weighted by molar-refractivity contribution is 0.122. The number of aryl methyl sites for hydroxylation is 1. The zero-order chi connectivity index (χ0) is 19.1. The minimum absolute atomic E-state index is 0.316. The predicted octanol–water partition coefficient (Wildman–Crippen LogP) is 2.51. The summed E-state index contributed by atoms with van der Waals surface area (Å²) in [6.45, 7) is 5.90. The summed E-state index contributed by atoms with van der Waals surface area (Å²) in [5.41, 5.74) is 1.46. The summed E-state index contributed by atoms with van der Waals surface area (Å²) in [6.07, 6.45) is 0. The number of urea groups is 1. The van der Waals surface area contributed by atoms with E-state index in [4.69, 9.17) is 16.3 Å². The fourth-order valence-electron chi connectivity index (χ4n) is 2.66. The van der Waals surface area contributed by atoms with Gasteiger partial charge in [0.2, 0.25) is 5.95 Å². The number of ether oxygens (including phenoxy) is 1. The van der Waals surface area contributed by atoms with Crippen molar-refractivity contribution in [1.29, 1.82) is 0 Å². The molecule has 1 saturated heterocycles. The molecule has 27 heavy (non-hydrogen) atoms. The maximum absolute atomic E-state index is 11.9. The Morgan fingerprint density at radius 1 is 1.22 bits per heavy atom. The largest absolute Gasteiger partial charge is 0.378 e. The topological polar surface area (TPSA) is 91.4 Å². The first-order valence-electron chi connectivity index (χ1n) is 8.83. The molecule has 1 aliphatic rings. The van der Waals surface area contributed by atoms with Crippen LogP contribution >= 0.6 is 11.6 Å². The molecule has 1 fully saturated rings. The maximum Gasteiger partial charge on any atom is 0.319 e. The zero-order valence-corrected chi connectivity index (χ0v) is 15.9. The summed E-state index contributed by atoms with van der Waals surface area (Å²) in [4.78, 5) is 23.1. The van der Waals surface area contributed by atoms with E-state index in [1.54, 1.807) is 12.1 Å². The van der Waals surface area contributed by atoms with E-state index >= 15 is 0 Å². The Morgan fingerprint density at radius 2 is 2.00 bits per heavy atom. The predicted molar refractivity (Wildman–Crippen MR) is 107 cm³/mol. The van der Waals surface area contributed by atoms with E-state index in [-0.39, 0.29) is 6.03 Å². The van der Waals surface area contributed by atoms with E-state index in [0.717, 1.165) is 24.6 Å². The van der Waals surface area contributed by atoms with Crippen LogP contribution in [0.2, 0.25) is 5.02 Å². The summed E-state index contributed by atoms with van der Waals surface area (Å²) in [5, 5.41) is 9.12. The van der Waals surface area contributed by atoms with Gasteiger partial charge >= 0.3 is 6.03 Å². The van der Waals surface area contributed by atoms with Crippen molar-refractivity contribution in [1.82, 2.24) is 15.3 Å². The van der Waals surface area contributed by atoms with Crippen molar-refractivity contribution >= 4 is 35.1 Å². The number of benzene rings is 1. The summed E-state index contributed by atoms with van der Waals surface area (Å²) >= 11 is 6.02. The van der Waals surface area contributed by atoms with Crippen LogP contribution in [0.15, 0.2) is 30.3 Å². The lowest BCUT2D eigenvalue weighted by Gasteiger charge is -2.28. The number of aromatic nitrogens is 2. The number of carbonyl (C=O) groups excluding carboxylic acids is 1. The molecule has 0 saturated carbocycles. The lowest BCUT2D eigenvalue weighted by atomic mass is 10.3. The number of nitrogens with zero attached hydrogens (tertiary/aromatic N) is 3. The van der Waals surface area contributed by atoms with E-state index in [0.29, 0.717) is 43.0 Å². The molecule has 0 spiro atoms. The molecule has 0 aliphatic carbocycles. The van der Waals surface area contributed by atoms with Gasteiger partial charge in [-0.1, -0.05) is 23.7 Å². The Bertz CT molecular complexity index is 782. The van der Waals surface area contributed by atoms with E-state index < -0.39 is 0 Å². The third kappa shape index (κ3) is 5.70. The summed E-state index contributed by atoms with van der Waals surface area (Å²) < 4.78 is 5.38. The van der Waals surface area contributed by atoms with Crippen LogP contribution in [-0.2, 0) is 4.74 Å². The van der Waals surface area contributed by atoms with Gasteiger partial charge < -0.3 is 25.6 Å². The van der Waals surface area contributed by atoms with Gasteiger partial charge in [0.15, 0.2) is 0 Å². The zero-order valence-electron chi connectivity index (χ0n) is 15.2. The van der Waals surface area contributed by atoms with Crippen LogP contribution in [0.4, 0.5) is 22.2 Å². The van der Waals surface area contributed by atoms with Crippen LogP contribution in [0.1, 0.15) is 5.69 Å². The number of hydrogen-bond acceptors (Lipinski definition) is 6. The number of morpholine rings is 1. The number of amides is 2. The third-order valence-corrected chi connectivity index (χ3v) is 4.32. The highest BCUT2D eigenvalue weighted by Crippen LogP contribution is 2.20. The van der Waals surface area contributed by atoms with Gasteiger partial charge in [-0.15, -0.1) is 0 Å². The summed E-state index contributed by atoms with van der Waals surface area (Å²) in [5.74, 6) is 1.43. The first-order chi connectivity index (χ1) is 13.1. The molecule has 1 aromatic carbocycles. The highest BCUT2D eigenvalue weighted by atomic mass is 35.5. The Morgan fingerprint density at radius 3 is 2.78 bits per heavy atom. The fourth-order valence-corrected chi connectivity index (χ4v) is 2.85. The number of rotatable bonds is 6. The number of para-hydroxylation sites is 1. The number of hydrogen-bond donors (Lipinski definition) is 3. The summed E-state index contributed by atoms with van der Waals surface area (Å²) in [7, 11) is 0. The number of halogens is 1. The van der Waals surface area contributed by atoms with E-state index in [1.807, 2.05) is 25.1 Å². The van der Waals surface area contributed by atoms with Crippen molar-refractivity contribution in [2.75, 3.05) is 54.9 Å². The molecule has 3 rings (SSSR count). The van der Waals surface area contributed by atoms with E-state index in [1.165, 1.54) is 0 Å². The second-order valence-corrected chi connectivity index (χ2v) is 6.49. The van der Waals surface area contributed by atoms with Gasteiger partial charge in [-0.05, 0) is 19.1 Å². The van der Waals surface area contributed by atoms with Gasteiger partial charge in [-0.3, -0.25) is 0 Å². The van der Waals surface area contributed by atoms with E-state index in [9.17, 15) is 4.79 Å². The molecule has 1 aromatic heterocycles. The van der Waals surface area contributed by atoms with Gasteiger partial charge in [0.1, 0.15) is 5.82 Å². The van der Waals surface area contributed by atoms with Crippen molar-refractivity contribution in [2.24, 2.45) is 0 Å². The minimum atomic E-state index is -0.316. The van der Waals surface area contributed by atoms with Crippen LogP contribution in [0.3, 0.4) is 0 Å². The first kappa shape index (κ1) is 19.2.